The summed E-state index contributed by atoms with van der Waals surface area (Å²) in [6, 6.07) is 14.0. The molecule has 7 nitrogen and oxygen atoms in total. The molecule has 1 amide bonds. The van der Waals surface area contributed by atoms with Crippen LogP contribution in [0.15, 0.2) is 69.5 Å². The molecule has 1 heterocycles. The lowest BCUT2D eigenvalue weighted by Gasteiger charge is -2.49. The number of nitrogens with zero attached hydrogens (tertiary/aromatic N) is 1. The van der Waals surface area contributed by atoms with Crippen LogP contribution in [0, 0.1) is 10.8 Å². The van der Waals surface area contributed by atoms with Crippen molar-refractivity contribution < 1.29 is 23.9 Å². The quantitative estimate of drug-likeness (QED) is 0.368. The van der Waals surface area contributed by atoms with Crippen molar-refractivity contribution in [3.8, 4) is 11.5 Å². The number of hydrogen-bond acceptors (Lipinski definition) is 6. The third-order valence-corrected chi connectivity index (χ3v) is 9.02. The molecule has 0 bridgehead atoms. The van der Waals surface area contributed by atoms with Crippen molar-refractivity contribution >= 4 is 33.4 Å². The molecule has 8 heteroatoms. The fraction of sp³-hybridized carbons (Fsp3) is 0.441. The highest BCUT2D eigenvalue weighted by Gasteiger charge is 2.49. The van der Waals surface area contributed by atoms with E-state index in [1.807, 2.05) is 30.3 Å². The number of carbonyl (C=O) groups is 3. The van der Waals surface area contributed by atoms with Crippen molar-refractivity contribution in [3.05, 3.63) is 80.6 Å². The van der Waals surface area contributed by atoms with Gasteiger partial charge in [0.1, 0.15) is 0 Å². The van der Waals surface area contributed by atoms with Gasteiger partial charge in [-0.2, -0.15) is 0 Å². The second-order valence-corrected chi connectivity index (χ2v) is 14.1. The molecule has 42 heavy (non-hydrogen) atoms. The Kier molecular flexibility index (Phi) is 8.14. The lowest BCUT2D eigenvalue weighted by molar-refractivity contribution is -0.121. The van der Waals surface area contributed by atoms with Gasteiger partial charge < -0.3 is 20.1 Å². The third kappa shape index (κ3) is 5.91. The van der Waals surface area contributed by atoms with Crippen molar-refractivity contribution in [3.63, 3.8) is 0 Å². The summed E-state index contributed by atoms with van der Waals surface area (Å²) < 4.78 is 11.9. The third-order valence-electron chi connectivity index (χ3n) is 8.43. The molecule has 5 rings (SSSR count). The van der Waals surface area contributed by atoms with Crippen molar-refractivity contribution in [2.45, 2.75) is 65.7 Å². The summed E-state index contributed by atoms with van der Waals surface area (Å²) in [6.07, 6.45) is 3.10. The Balaban J connectivity index is 1.70. The molecule has 222 valence electrons. The Morgan fingerprint density at radius 3 is 2.05 bits per heavy atom. The van der Waals surface area contributed by atoms with Gasteiger partial charge >= 0.3 is 0 Å². The highest BCUT2D eigenvalue weighted by atomic mass is 79.9. The van der Waals surface area contributed by atoms with E-state index in [-0.39, 0.29) is 29.0 Å². The van der Waals surface area contributed by atoms with Crippen LogP contribution in [-0.2, 0) is 20.8 Å². The number of rotatable bonds is 8. The molecule has 0 saturated carbocycles. The summed E-state index contributed by atoms with van der Waals surface area (Å²) in [5.74, 6) is -0.245. The molecule has 0 fully saturated rings. The molecular weight excluding hydrogens is 596 g/mol. The fourth-order valence-corrected chi connectivity index (χ4v) is 7.30. The molecule has 0 atom stereocenters. The molecule has 2 N–H and O–H groups in total. The van der Waals surface area contributed by atoms with E-state index in [0.717, 1.165) is 36.2 Å². The number of carbonyl (C=O) groups excluding carboxylic acids is 3. The average Bonchev–Trinajstić information content (AvgIpc) is 2.89. The highest BCUT2D eigenvalue weighted by molar-refractivity contribution is 9.10. The van der Waals surface area contributed by atoms with Gasteiger partial charge in [-0.3, -0.25) is 14.4 Å². The first-order valence-electron chi connectivity index (χ1n) is 14.4. The number of ether oxygens (including phenoxy) is 2. The fourth-order valence-electron chi connectivity index (χ4n) is 6.73. The van der Waals surface area contributed by atoms with Crippen molar-refractivity contribution in [2.24, 2.45) is 16.6 Å². The molecular formula is C34H39BrN2O5. The first-order chi connectivity index (χ1) is 19.8. The second kappa shape index (κ2) is 11.4. The number of allylic oxidation sites excluding steroid dienone is 4. The first-order valence-corrected chi connectivity index (χ1v) is 15.2. The van der Waals surface area contributed by atoms with Crippen molar-refractivity contribution in [1.29, 1.82) is 0 Å². The summed E-state index contributed by atoms with van der Waals surface area (Å²) in [7, 11) is 1.52. The molecule has 2 aliphatic carbocycles. The molecule has 3 aliphatic rings. The minimum absolute atomic E-state index is 0.0734. The Bertz CT molecular complexity index is 1450. The first kappa shape index (κ1) is 30.1. The molecule has 1 aliphatic heterocycles. The summed E-state index contributed by atoms with van der Waals surface area (Å²) in [4.78, 5) is 41.9. The van der Waals surface area contributed by atoms with Crippen LogP contribution in [-0.4, -0.2) is 42.6 Å². The zero-order chi connectivity index (χ0) is 30.4. The van der Waals surface area contributed by atoms with Crippen LogP contribution in [0.1, 0.15) is 70.4 Å². The highest BCUT2D eigenvalue weighted by Crippen LogP contribution is 2.55. The number of nitrogens with two attached hydrogens (primary N) is 1. The zero-order valence-corrected chi connectivity index (χ0v) is 26.6. The predicted octanol–water partition coefficient (Wildman–Crippen LogP) is 6.25. The van der Waals surface area contributed by atoms with Crippen LogP contribution in [0.25, 0.3) is 0 Å². The Morgan fingerprint density at radius 2 is 1.52 bits per heavy atom. The van der Waals surface area contributed by atoms with Gasteiger partial charge in [0.15, 0.2) is 29.7 Å². The standard InChI is InChI=1S/C34H39BrN2O5/c1-33(2)15-23-30(25(38)17-33)29(21-13-22(35)32(27(14-21)41-5)42-19-28(36)40)31-24(16-34(3,4)18-26(31)39)37(23)12-11-20-9-7-6-8-10-20/h6-10,13-14,29H,11-12,15-19H2,1-5H3,(H2,36,40). The van der Waals surface area contributed by atoms with E-state index in [1.165, 1.54) is 12.7 Å². The minimum atomic E-state index is -0.605. The number of primary amides is 1. The van der Waals surface area contributed by atoms with E-state index < -0.39 is 11.8 Å². The van der Waals surface area contributed by atoms with E-state index in [0.29, 0.717) is 46.5 Å². The van der Waals surface area contributed by atoms with Gasteiger partial charge in [0, 0.05) is 47.8 Å². The molecule has 0 radical (unpaired) electrons. The normalized spacial score (nSPS) is 19.9. The number of halogens is 1. The van der Waals surface area contributed by atoms with Gasteiger partial charge in [0.2, 0.25) is 0 Å². The van der Waals surface area contributed by atoms with Crippen LogP contribution in [0.2, 0.25) is 0 Å². The SMILES string of the molecule is COc1cc(C2C3=C(CC(C)(C)CC3=O)N(CCc3ccccc3)C3=C2C(=O)CC(C)(C)C3)cc(Br)c1OCC(N)=O. The molecule has 0 spiro atoms. The maximum atomic E-state index is 14.1. The van der Waals surface area contributed by atoms with E-state index in [2.05, 4.69) is 60.7 Å². The van der Waals surface area contributed by atoms with Gasteiger partial charge in [0.25, 0.3) is 5.91 Å². The average molecular weight is 636 g/mol. The van der Waals surface area contributed by atoms with Crippen LogP contribution in [0.4, 0.5) is 0 Å². The van der Waals surface area contributed by atoms with E-state index >= 15 is 0 Å². The number of benzene rings is 2. The van der Waals surface area contributed by atoms with Gasteiger partial charge in [-0.05, 0) is 69.3 Å². The van der Waals surface area contributed by atoms with E-state index in [1.54, 1.807) is 0 Å². The minimum Gasteiger partial charge on any atom is -0.493 e. The summed E-state index contributed by atoms with van der Waals surface area (Å²) in [6.45, 7) is 8.95. The monoisotopic (exact) mass is 634 g/mol. The van der Waals surface area contributed by atoms with Crippen LogP contribution < -0.4 is 15.2 Å². The van der Waals surface area contributed by atoms with E-state index in [4.69, 9.17) is 15.2 Å². The van der Waals surface area contributed by atoms with Gasteiger partial charge in [-0.15, -0.1) is 0 Å². The predicted molar refractivity (Wildman–Crippen MR) is 165 cm³/mol. The number of hydrogen-bond donors (Lipinski definition) is 1. The zero-order valence-electron chi connectivity index (χ0n) is 25.0. The second-order valence-electron chi connectivity index (χ2n) is 13.2. The number of amides is 1. The summed E-state index contributed by atoms with van der Waals surface area (Å²) >= 11 is 3.59. The van der Waals surface area contributed by atoms with Crippen LogP contribution in [0.5, 0.6) is 11.5 Å². The smallest absolute Gasteiger partial charge is 0.255 e. The maximum Gasteiger partial charge on any atom is 0.255 e. The Hall–Kier alpha value is -3.39. The number of Topliss-reactive ketones (excluding diaryl/α,β-unsaturated/α-hetero) is 2. The van der Waals surface area contributed by atoms with Gasteiger partial charge in [-0.25, -0.2) is 0 Å². The van der Waals surface area contributed by atoms with Crippen molar-refractivity contribution in [2.75, 3.05) is 20.3 Å². The molecule has 0 saturated heterocycles. The maximum absolute atomic E-state index is 14.1. The molecule has 2 aromatic rings. The van der Waals surface area contributed by atoms with E-state index in [9.17, 15) is 14.4 Å². The number of ketones is 2. The Morgan fingerprint density at radius 1 is 0.952 bits per heavy atom. The topological polar surface area (TPSA) is 98.9 Å². The molecule has 0 unspecified atom stereocenters. The largest absolute Gasteiger partial charge is 0.493 e. The Labute approximate surface area is 256 Å². The number of methoxy groups -OCH3 is 1. The molecule has 0 aromatic heterocycles. The van der Waals surface area contributed by atoms with Crippen LogP contribution >= 0.6 is 15.9 Å². The molecule has 2 aromatic carbocycles. The summed E-state index contributed by atoms with van der Waals surface area (Å²) in [5, 5.41) is 0. The van der Waals surface area contributed by atoms with Gasteiger partial charge in [0.05, 0.1) is 11.6 Å². The van der Waals surface area contributed by atoms with Gasteiger partial charge in [-0.1, -0.05) is 58.0 Å². The van der Waals surface area contributed by atoms with Crippen LogP contribution in [0.3, 0.4) is 0 Å². The summed E-state index contributed by atoms with van der Waals surface area (Å²) in [5.41, 5.74) is 10.3. The lowest BCUT2D eigenvalue weighted by atomic mass is 9.63. The van der Waals surface area contributed by atoms with Crippen molar-refractivity contribution in [1.82, 2.24) is 4.90 Å². The lowest BCUT2D eigenvalue weighted by Crippen LogP contribution is -2.45.